The third-order valence-corrected chi connectivity index (χ3v) is 14.9. The molecule has 74 heavy (non-hydrogen) atoms. The van der Waals surface area contributed by atoms with E-state index in [1.165, 1.54) is 250 Å². The molecule has 434 valence electrons. The SMILES string of the molecule is CCCCCCC/C=C\C/C=C\CCCCCCCCCCCCCC(=O)OCC(COC(=O)CCCCCCC/C=C\CCCCCCCCC)OC(=O)CCCCCCCCCCCCCCCCCCC. The number of hydrogen-bond acceptors (Lipinski definition) is 6. The molecule has 0 radical (unpaired) electrons. The Labute approximate surface area is 461 Å². The van der Waals surface area contributed by atoms with E-state index in [9.17, 15) is 14.4 Å². The molecule has 1 unspecified atom stereocenters. The second kappa shape index (κ2) is 63.2. The van der Waals surface area contributed by atoms with Crippen molar-refractivity contribution in [1.29, 1.82) is 0 Å². The molecule has 0 aliphatic heterocycles. The number of carbonyl (C=O) groups excluding carboxylic acids is 3. The average Bonchev–Trinajstić information content (AvgIpc) is 3.40. The highest BCUT2D eigenvalue weighted by molar-refractivity contribution is 5.71. The van der Waals surface area contributed by atoms with Gasteiger partial charge in [-0.15, -0.1) is 0 Å². The predicted octanol–water partition coefficient (Wildman–Crippen LogP) is 22.4. The molecule has 0 aromatic heterocycles. The van der Waals surface area contributed by atoms with Gasteiger partial charge in [0.15, 0.2) is 6.10 Å². The molecule has 0 aliphatic rings. The number of ether oxygens (including phenoxy) is 3. The molecule has 0 N–H and O–H groups in total. The first-order valence-corrected chi connectivity index (χ1v) is 33.0. The van der Waals surface area contributed by atoms with E-state index in [-0.39, 0.29) is 31.1 Å². The van der Waals surface area contributed by atoms with Gasteiger partial charge in [0, 0.05) is 19.3 Å². The van der Waals surface area contributed by atoms with E-state index in [0.717, 1.165) is 70.6 Å². The van der Waals surface area contributed by atoms with E-state index in [2.05, 4.69) is 57.2 Å². The normalized spacial score (nSPS) is 12.2. The lowest BCUT2D eigenvalue weighted by Gasteiger charge is -2.18. The minimum Gasteiger partial charge on any atom is -0.462 e. The highest BCUT2D eigenvalue weighted by Crippen LogP contribution is 2.17. The van der Waals surface area contributed by atoms with E-state index in [1.54, 1.807) is 0 Å². The second-order valence-corrected chi connectivity index (χ2v) is 22.4. The van der Waals surface area contributed by atoms with Crippen molar-refractivity contribution < 1.29 is 28.6 Å². The predicted molar refractivity (Wildman–Crippen MR) is 321 cm³/mol. The highest BCUT2D eigenvalue weighted by Gasteiger charge is 2.19. The summed E-state index contributed by atoms with van der Waals surface area (Å²) < 4.78 is 17.0. The van der Waals surface area contributed by atoms with Crippen molar-refractivity contribution in [3.05, 3.63) is 36.5 Å². The summed E-state index contributed by atoms with van der Waals surface area (Å²) in [5, 5.41) is 0. The summed E-state index contributed by atoms with van der Waals surface area (Å²) in [5.74, 6) is -0.856. The standard InChI is InChI=1S/C68H126O6/c1-4-7-10-13-16-19-22-25-28-31-32-33-34-35-36-38-40-43-46-49-52-55-58-61-67(70)73-64-65(63-72-66(69)60-57-54-51-48-45-42-39-30-27-24-21-18-15-12-9-6-3)74-68(71)62-59-56-53-50-47-44-41-37-29-26-23-20-17-14-11-8-5-2/h22,25,30-32,39,65H,4-21,23-24,26-29,33-38,40-64H2,1-3H3/b25-22-,32-31-,39-30-. The Hall–Kier alpha value is -2.37. The lowest BCUT2D eigenvalue weighted by molar-refractivity contribution is -0.167. The van der Waals surface area contributed by atoms with E-state index < -0.39 is 6.10 Å². The molecule has 0 fully saturated rings. The Morgan fingerprint density at radius 1 is 0.270 bits per heavy atom. The third-order valence-electron chi connectivity index (χ3n) is 14.9. The Bertz CT molecular complexity index is 1240. The summed E-state index contributed by atoms with van der Waals surface area (Å²) >= 11 is 0. The van der Waals surface area contributed by atoms with Gasteiger partial charge in [-0.2, -0.15) is 0 Å². The lowest BCUT2D eigenvalue weighted by Crippen LogP contribution is -2.30. The molecule has 0 aromatic carbocycles. The first kappa shape index (κ1) is 71.6. The Morgan fingerprint density at radius 2 is 0.486 bits per heavy atom. The smallest absolute Gasteiger partial charge is 0.306 e. The number of esters is 3. The molecule has 0 rings (SSSR count). The van der Waals surface area contributed by atoms with Crippen LogP contribution in [0.4, 0.5) is 0 Å². The molecule has 0 bridgehead atoms. The van der Waals surface area contributed by atoms with Gasteiger partial charge < -0.3 is 14.2 Å². The maximum absolute atomic E-state index is 12.9. The van der Waals surface area contributed by atoms with Gasteiger partial charge in [0.05, 0.1) is 0 Å². The van der Waals surface area contributed by atoms with Crippen LogP contribution in [0, 0.1) is 0 Å². The summed E-state index contributed by atoms with van der Waals surface area (Å²) in [6.07, 6.45) is 77.2. The van der Waals surface area contributed by atoms with Crippen LogP contribution < -0.4 is 0 Å². The molecular formula is C68H126O6. The van der Waals surface area contributed by atoms with Crippen LogP contribution in [0.15, 0.2) is 36.5 Å². The average molecular weight is 1040 g/mol. The van der Waals surface area contributed by atoms with Crippen LogP contribution in [0.1, 0.15) is 361 Å². The van der Waals surface area contributed by atoms with Gasteiger partial charge in [0.1, 0.15) is 13.2 Å². The maximum Gasteiger partial charge on any atom is 0.306 e. The van der Waals surface area contributed by atoms with Gasteiger partial charge in [0.2, 0.25) is 0 Å². The Balaban J connectivity index is 4.31. The van der Waals surface area contributed by atoms with Gasteiger partial charge in [-0.1, -0.05) is 301 Å². The third kappa shape index (κ3) is 60.5. The molecule has 0 aliphatic carbocycles. The Morgan fingerprint density at radius 3 is 0.757 bits per heavy atom. The van der Waals surface area contributed by atoms with Crippen LogP contribution >= 0.6 is 0 Å². The van der Waals surface area contributed by atoms with Crippen molar-refractivity contribution in [1.82, 2.24) is 0 Å². The fraction of sp³-hybridized carbons (Fsp3) is 0.868. The van der Waals surface area contributed by atoms with Crippen molar-refractivity contribution >= 4 is 17.9 Å². The van der Waals surface area contributed by atoms with Gasteiger partial charge in [0.25, 0.3) is 0 Å². The molecule has 0 amide bonds. The first-order chi connectivity index (χ1) is 36.5. The molecule has 6 heteroatoms. The zero-order chi connectivity index (χ0) is 53.6. The lowest BCUT2D eigenvalue weighted by atomic mass is 10.0. The van der Waals surface area contributed by atoms with Crippen LogP contribution in [0.5, 0.6) is 0 Å². The topological polar surface area (TPSA) is 78.9 Å². The molecule has 6 nitrogen and oxygen atoms in total. The van der Waals surface area contributed by atoms with Crippen molar-refractivity contribution in [3.8, 4) is 0 Å². The molecule has 0 saturated heterocycles. The number of allylic oxidation sites excluding steroid dienone is 6. The largest absolute Gasteiger partial charge is 0.462 e. The molecule has 1 atom stereocenters. The van der Waals surface area contributed by atoms with E-state index in [1.807, 2.05) is 0 Å². The fourth-order valence-electron chi connectivity index (χ4n) is 9.88. The van der Waals surface area contributed by atoms with Crippen LogP contribution in [-0.2, 0) is 28.6 Å². The number of rotatable bonds is 61. The minimum absolute atomic E-state index is 0.0714. The van der Waals surface area contributed by atoms with Crippen molar-refractivity contribution in [3.63, 3.8) is 0 Å². The van der Waals surface area contributed by atoms with Crippen LogP contribution in [-0.4, -0.2) is 37.2 Å². The number of carbonyl (C=O) groups is 3. The fourth-order valence-corrected chi connectivity index (χ4v) is 9.88. The molecular weight excluding hydrogens is 913 g/mol. The quantitative estimate of drug-likeness (QED) is 0.0261. The molecule has 0 aromatic rings. The van der Waals surface area contributed by atoms with Gasteiger partial charge in [-0.25, -0.2) is 0 Å². The molecule has 0 heterocycles. The Kier molecular flexibility index (Phi) is 61.1. The van der Waals surface area contributed by atoms with Gasteiger partial charge in [-0.05, 0) is 77.0 Å². The van der Waals surface area contributed by atoms with E-state index in [0.29, 0.717) is 19.3 Å². The van der Waals surface area contributed by atoms with Gasteiger partial charge >= 0.3 is 17.9 Å². The van der Waals surface area contributed by atoms with Crippen molar-refractivity contribution in [2.75, 3.05) is 13.2 Å². The van der Waals surface area contributed by atoms with Crippen molar-refractivity contribution in [2.24, 2.45) is 0 Å². The van der Waals surface area contributed by atoms with Crippen molar-refractivity contribution in [2.45, 2.75) is 367 Å². The maximum atomic E-state index is 12.9. The zero-order valence-electron chi connectivity index (χ0n) is 49.9. The summed E-state index contributed by atoms with van der Waals surface area (Å²) in [4.78, 5) is 38.3. The highest BCUT2D eigenvalue weighted by atomic mass is 16.6. The molecule has 0 spiro atoms. The summed E-state index contributed by atoms with van der Waals surface area (Å²) in [6, 6.07) is 0. The first-order valence-electron chi connectivity index (χ1n) is 33.0. The number of hydrogen-bond donors (Lipinski definition) is 0. The second-order valence-electron chi connectivity index (χ2n) is 22.4. The van der Waals surface area contributed by atoms with Crippen LogP contribution in [0.25, 0.3) is 0 Å². The number of unbranched alkanes of at least 4 members (excludes halogenated alkanes) is 44. The van der Waals surface area contributed by atoms with Crippen LogP contribution in [0.2, 0.25) is 0 Å². The van der Waals surface area contributed by atoms with E-state index >= 15 is 0 Å². The zero-order valence-corrected chi connectivity index (χ0v) is 49.9. The molecule has 0 saturated carbocycles. The minimum atomic E-state index is -0.774. The summed E-state index contributed by atoms with van der Waals surface area (Å²) in [7, 11) is 0. The van der Waals surface area contributed by atoms with Crippen LogP contribution in [0.3, 0.4) is 0 Å². The van der Waals surface area contributed by atoms with E-state index in [4.69, 9.17) is 14.2 Å². The summed E-state index contributed by atoms with van der Waals surface area (Å²) in [5.41, 5.74) is 0. The monoisotopic (exact) mass is 1040 g/mol. The summed E-state index contributed by atoms with van der Waals surface area (Å²) in [6.45, 7) is 6.68. The van der Waals surface area contributed by atoms with Gasteiger partial charge in [-0.3, -0.25) is 14.4 Å².